The van der Waals surface area contributed by atoms with Crippen molar-refractivity contribution in [3.63, 3.8) is 0 Å². The van der Waals surface area contributed by atoms with Crippen LogP contribution in [0.25, 0.3) is 0 Å². The summed E-state index contributed by atoms with van der Waals surface area (Å²) in [5.41, 5.74) is 1.25. The number of benzene rings is 1. The van der Waals surface area contributed by atoms with Crippen molar-refractivity contribution in [2.75, 3.05) is 13.6 Å². The first-order valence-electron chi connectivity index (χ1n) is 6.89. The van der Waals surface area contributed by atoms with Crippen LogP contribution in [0, 0.1) is 5.92 Å². The zero-order valence-electron chi connectivity index (χ0n) is 11.6. The van der Waals surface area contributed by atoms with E-state index in [1.807, 2.05) is 12.1 Å². The Morgan fingerprint density at radius 1 is 1.42 bits per heavy atom. The van der Waals surface area contributed by atoms with E-state index in [0.717, 1.165) is 16.9 Å². The molecule has 0 aliphatic heterocycles. The van der Waals surface area contributed by atoms with Gasteiger partial charge in [0.1, 0.15) is 6.54 Å². The Labute approximate surface area is 123 Å². The predicted molar refractivity (Wildman–Crippen MR) is 79.9 cm³/mol. The molecule has 104 valence electrons. The normalized spacial score (nSPS) is 17.8. The summed E-state index contributed by atoms with van der Waals surface area (Å²) in [7, 11) is 2.06. The van der Waals surface area contributed by atoms with Gasteiger partial charge in [0.2, 0.25) is 0 Å². The average Bonchev–Trinajstić information content (AvgIpc) is 3.15. The van der Waals surface area contributed by atoms with Crippen molar-refractivity contribution in [3.8, 4) is 0 Å². The van der Waals surface area contributed by atoms with E-state index >= 15 is 0 Å². The van der Waals surface area contributed by atoms with Gasteiger partial charge in [-0.05, 0) is 37.8 Å². The molecule has 1 aliphatic rings. The van der Waals surface area contributed by atoms with Gasteiger partial charge in [-0.15, -0.1) is 0 Å². The Morgan fingerprint density at radius 2 is 2.05 bits per heavy atom. The van der Waals surface area contributed by atoms with Crippen molar-refractivity contribution in [3.05, 3.63) is 34.3 Å². The van der Waals surface area contributed by atoms with Crippen LogP contribution in [0.1, 0.15) is 25.3 Å². The second kappa shape index (κ2) is 6.53. The van der Waals surface area contributed by atoms with E-state index in [-0.39, 0.29) is 5.91 Å². The van der Waals surface area contributed by atoms with E-state index < -0.39 is 0 Å². The predicted octanol–water partition coefficient (Wildman–Crippen LogP) is 1.38. The molecule has 2 N–H and O–H groups in total. The lowest BCUT2D eigenvalue weighted by Crippen LogP contribution is -3.09. The molecule has 0 saturated heterocycles. The van der Waals surface area contributed by atoms with Crippen LogP contribution in [0.3, 0.4) is 0 Å². The Balaban J connectivity index is 1.75. The van der Waals surface area contributed by atoms with Crippen LogP contribution in [0.2, 0.25) is 0 Å². The molecule has 4 heteroatoms. The molecule has 0 aromatic heterocycles. The third kappa shape index (κ3) is 4.96. The van der Waals surface area contributed by atoms with E-state index in [9.17, 15) is 4.79 Å². The van der Waals surface area contributed by atoms with Crippen molar-refractivity contribution >= 4 is 21.8 Å². The van der Waals surface area contributed by atoms with Crippen LogP contribution in [0.5, 0.6) is 0 Å². The maximum atomic E-state index is 11.9. The maximum absolute atomic E-state index is 11.9. The molecule has 0 spiro atoms. The monoisotopic (exact) mass is 325 g/mol. The van der Waals surface area contributed by atoms with Crippen LogP contribution in [0.4, 0.5) is 0 Å². The number of hydrogen-bond acceptors (Lipinski definition) is 1. The zero-order valence-corrected chi connectivity index (χ0v) is 13.2. The molecule has 19 heavy (non-hydrogen) atoms. The lowest BCUT2D eigenvalue weighted by Gasteiger charge is -2.17. The second-order valence-corrected chi connectivity index (χ2v) is 6.55. The summed E-state index contributed by atoms with van der Waals surface area (Å²) in [6.07, 6.45) is 2.53. The summed E-state index contributed by atoms with van der Waals surface area (Å²) in [5.74, 6) is 0.879. The highest BCUT2D eigenvalue weighted by atomic mass is 79.9. The fourth-order valence-electron chi connectivity index (χ4n) is 2.31. The third-order valence-electron chi connectivity index (χ3n) is 3.60. The molecular weight excluding hydrogens is 304 g/mol. The summed E-state index contributed by atoms with van der Waals surface area (Å²) < 4.78 is 1.09. The number of likely N-dealkylation sites (N-methyl/N-ethyl adjacent to an activating group) is 1. The standard InChI is InChI=1S/C15H21BrN2O/c1-11(13-5-6-13)17-15(19)10-18(2)9-12-3-7-14(16)8-4-12/h3-4,7-8,11,13H,5-6,9-10H2,1-2H3,(H,17,19)/p+1/t11-/m0/s1. The summed E-state index contributed by atoms with van der Waals surface area (Å²) in [5, 5.41) is 3.10. The van der Waals surface area contributed by atoms with E-state index in [0.29, 0.717) is 12.6 Å². The molecule has 0 heterocycles. The lowest BCUT2D eigenvalue weighted by molar-refractivity contribution is -0.885. The van der Waals surface area contributed by atoms with Gasteiger partial charge >= 0.3 is 0 Å². The van der Waals surface area contributed by atoms with Crippen LogP contribution in [0.15, 0.2) is 28.7 Å². The summed E-state index contributed by atoms with van der Waals surface area (Å²) in [4.78, 5) is 13.1. The molecule has 1 aromatic carbocycles. The van der Waals surface area contributed by atoms with Crippen molar-refractivity contribution < 1.29 is 9.69 Å². The van der Waals surface area contributed by atoms with Gasteiger partial charge < -0.3 is 10.2 Å². The molecule has 1 aliphatic carbocycles. The number of rotatable bonds is 6. The molecule has 1 saturated carbocycles. The van der Waals surface area contributed by atoms with Gasteiger partial charge in [0.05, 0.1) is 7.05 Å². The van der Waals surface area contributed by atoms with Gasteiger partial charge in [-0.25, -0.2) is 0 Å². The maximum Gasteiger partial charge on any atom is 0.275 e. The number of nitrogens with one attached hydrogen (secondary N) is 2. The van der Waals surface area contributed by atoms with Gasteiger partial charge in [0.15, 0.2) is 6.54 Å². The minimum atomic E-state index is 0.161. The fourth-order valence-corrected chi connectivity index (χ4v) is 2.57. The average molecular weight is 326 g/mol. The van der Waals surface area contributed by atoms with Crippen molar-refractivity contribution in [2.45, 2.75) is 32.4 Å². The first-order chi connectivity index (χ1) is 9.04. The van der Waals surface area contributed by atoms with Gasteiger partial charge in [-0.1, -0.05) is 28.1 Å². The smallest absolute Gasteiger partial charge is 0.275 e. The molecule has 1 fully saturated rings. The minimum Gasteiger partial charge on any atom is -0.348 e. The first-order valence-corrected chi connectivity index (χ1v) is 7.69. The number of hydrogen-bond donors (Lipinski definition) is 2. The number of amides is 1. The van der Waals surface area contributed by atoms with Gasteiger partial charge in [0, 0.05) is 16.1 Å². The van der Waals surface area contributed by atoms with Crippen LogP contribution in [-0.4, -0.2) is 25.5 Å². The van der Waals surface area contributed by atoms with Crippen molar-refractivity contribution in [2.24, 2.45) is 5.92 Å². The van der Waals surface area contributed by atoms with E-state index in [4.69, 9.17) is 0 Å². The van der Waals surface area contributed by atoms with Gasteiger partial charge in [-0.2, -0.15) is 0 Å². The molecule has 0 bridgehead atoms. The topological polar surface area (TPSA) is 33.5 Å². The Hall–Kier alpha value is -0.870. The summed E-state index contributed by atoms with van der Waals surface area (Å²) in [6.45, 7) is 3.52. The molecule has 1 aromatic rings. The summed E-state index contributed by atoms with van der Waals surface area (Å²) in [6, 6.07) is 8.61. The number of halogens is 1. The van der Waals surface area contributed by atoms with Crippen molar-refractivity contribution in [1.29, 1.82) is 0 Å². The quantitative estimate of drug-likeness (QED) is 0.814. The minimum absolute atomic E-state index is 0.161. The number of carbonyl (C=O) groups is 1. The first kappa shape index (κ1) is 14.5. The van der Waals surface area contributed by atoms with E-state index in [1.165, 1.54) is 23.3 Å². The van der Waals surface area contributed by atoms with E-state index in [2.05, 4.69) is 47.4 Å². The molecule has 1 unspecified atom stereocenters. The zero-order chi connectivity index (χ0) is 13.8. The Kier molecular flexibility index (Phi) is 4.99. The van der Waals surface area contributed by atoms with Gasteiger partial charge in [-0.3, -0.25) is 4.79 Å². The molecule has 3 nitrogen and oxygen atoms in total. The SMILES string of the molecule is C[C@H](NC(=O)C[NH+](C)Cc1ccc(Br)cc1)C1CC1. The van der Waals surface area contributed by atoms with E-state index in [1.54, 1.807) is 0 Å². The Morgan fingerprint density at radius 3 is 2.63 bits per heavy atom. The molecule has 0 radical (unpaired) electrons. The third-order valence-corrected chi connectivity index (χ3v) is 4.13. The molecule has 2 rings (SSSR count). The lowest BCUT2D eigenvalue weighted by atomic mass is 10.2. The Bertz CT molecular complexity index is 428. The van der Waals surface area contributed by atoms with Gasteiger partial charge in [0.25, 0.3) is 5.91 Å². The van der Waals surface area contributed by atoms with Crippen LogP contribution >= 0.6 is 15.9 Å². The second-order valence-electron chi connectivity index (χ2n) is 5.63. The number of carbonyl (C=O) groups excluding carboxylic acids is 1. The largest absolute Gasteiger partial charge is 0.348 e. The molecule has 1 amide bonds. The summed E-state index contributed by atoms with van der Waals surface area (Å²) >= 11 is 3.43. The molecule has 2 atom stereocenters. The van der Waals surface area contributed by atoms with Crippen LogP contribution < -0.4 is 10.2 Å². The molecular formula is C15H22BrN2O+. The fraction of sp³-hybridized carbons (Fsp3) is 0.533. The highest BCUT2D eigenvalue weighted by molar-refractivity contribution is 9.10. The highest BCUT2D eigenvalue weighted by Crippen LogP contribution is 2.32. The number of quaternary nitrogens is 1. The van der Waals surface area contributed by atoms with Crippen LogP contribution in [-0.2, 0) is 11.3 Å². The van der Waals surface area contributed by atoms with Crippen molar-refractivity contribution in [1.82, 2.24) is 5.32 Å². The highest BCUT2D eigenvalue weighted by Gasteiger charge is 2.29.